The SMILES string of the molecule is O=C(CC(O)c1cccc(F)c1)Nc1cnn(-c2ccccc2)c1. The van der Waals surface area contributed by atoms with Crippen LogP contribution in [0.2, 0.25) is 0 Å². The number of nitrogens with zero attached hydrogens (tertiary/aromatic N) is 2. The third-order valence-electron chi connectivity index (χ3n) is 3.50. The second-order valence-corrected chi connectivity index (χ2v) is 5.33. The first-order valence-electron chi connectivity index (χ1n) is 7.45. The summed E-state index contributed by atoms with van der Waals surface area (Å²) in [7, 11) is 0. The van der Waals surface area contributed by atoms with Gasteiger partial charge in [0.2, 0.25) is 5.91 Å². The molecule has 1 atom stereocenters. The highest BCUT2D eigenvalue weighted by Crippen LogP contribution is 2.19. The Kier molecular flexibility index (Phi) is 4.67. The van der Waals surface area contributed by atoms with Crippen LogP contribution in [0.4, 0.5) is 10.1 Å². The molecule has 5 nitrogen and oxygen atoms in total. The minimum atomic E-state index is -1.06. The van der Waals surface area contributed by atoms with Crippen molar-refractivity contribution >= 4 is 11.6 Å². The maximum absolute atomic E-state index is 13.2. The third kappa shape index (κ3) is 3.85. The lowest BCUT2D eigenvalue weighted by molar-refractivity contribution is -0.118. The number of hydrogen-bond acceptors (Lipinski definition) is 3. The normalized spacial score (nSPS) is 11.9. The second-order valence-electron chi connectivity index (χ2n) is 5.33. The van der Waals surface area contributed by atoms with E-state index in [9.17, 15) is 14.3 Å². The van der Waals surface area contributed by atoms with Gasteiger partial charge in [0, 0.05) is 0 Å². The van der Waals surface area contributed by atoms with Crippen molar-refractivity contribution in [2.24, 2.45) is 0 Å². The van der Waals surface area contributed by atoms with Crippen molar-refractivity contribution in [3.8, 4) is 5.69 Å². The molecule has 1 heterocycles. The average Bonchev–Trinajstić information content (AvgIpc) is 3.04. The molecule has 0 spiro atoms. The fourth-order valence-electron chi connectivity index (χ4n) is 2.33. The Balaban J connectivity index is 1.62. The number of anilines is 1. The molecule has 2 aromatic carbocycles. The predicted molar refractivity (Wildman–Crippen MR) is 88.2 cm³/mol. The van der Waals surface area contributed by atoms with Crippen LogP contribution in [-0.2, 0) is 4.79 Å². The Labute approximate surface area is 138 Å². The van der Waals surface area contributed by atoms with Crippen molar-refractivity contribution in [3.63, 3.8) is 0 Å². The molecule has 3 aromatic rings. The topological polar surface area (TPSA) is 67.2 Å². The van der Waals surface area contributed by atoms with Gasteiger partial charge in [-0.1, -0.05) is 30.3 Å². The molecular formula is C18H16FN3O2. The molecule has 122 valence electrons. The number of aliphatic hydroxyl groups excluding tert-OH is 1. The Morgan fingerprint density at radius 2 is 2.00 bits per heavy atom. The minimum Gasteiger partial charge on any atom is -0.388 e. The quantitative estimate of drug-likeness (QED) is 0.757. The zero-order valence-corrected chi connectivity index (χ0v) is 12.8. The van der Waals surface area contributed by atoms with Crippen LogP contribution in [0.25, 0.3) is 5.69 Å². The molecule has 24 heavy (non-hydrogen) atoms. The molecule has 0 saturated heterocycles. The summed E-state index contributed by atoms with van der Waals surface area (Å²) in [5.41, 5.74) is 1.76. The number of halogens is 1. The maximum atomic E-state index is 13.2. The molecule has 1 unspecified atom stereocenters. The van der Waals surface area contributed by atoms with Gasteiger partial charge >= 0.3 is 0 Å². The Morgan fingerprint density at radius 3 is 2.75 bits per heavy atom. The van der Waals surface area contributed by atoms with Gasteiger partial charge in [-0.3, -0.25) is 4.79 Å². The second kappa shape index (κ2) is 7.06. The highest BCUT2D eigenvalue weighted by Gasteiger charge is 2.14. The summed E-state index contributed by atoms with van der Waals surface area (Å²) < 4.78 is 14.8. The summed E-state index contributed by atoms with van der Waals surface area (Å²) in [6.07, 6.45) is 1.98. The van der Waals surface area contributed by atoms with Crippen LogP contribution in [-0.4, -0.2) is 20.8 Å². The first kappa shape index (κ1) is 15.9. The lowest BCUT2D eigenvalue weighted by Gasteiger charge is -2.10. The predicted octanol–water partition coefficient (Wildman–Crippen LogP) is 3.07. The molecule has 0 radical (unpaired) electrons. The van der Waals surface area contributed by atoms with Gasteiger partial charge in [0.15, 0.2) is 0 Å². The molecular weight excluding hydrogens is 309 g/mol. The molecule has 6 heteroatoms. The highest BCUT2D eigenvalue weighted by atomic mass is 19.1. The smallest absolute Gasteiger partial charge is 0.227 e. The van der Waals surface area contributed by atoms with Gasteiger partial charge in [-0.05, 0) is 29.8 Å². The summed E-state index contributed by atoms with van der Waals surface area (Å²) in [5, 5.41) is 16.9. The number of carbonyl (C=O) groups excluding carboxylic acids is 1. The molecule has 3 rings (SSSR count). The van der Waals surface area contributed by atoms with Gasteiger partial charge in [0.1, 0.15) is 5.82 Å². The summed E-state index contributed by atoms with van der Waals surface area (Å²) >= 11 is 0. The minimum absolute atomic E-state index is 0.167. The summed E-state index contributed by atoms with van der Waals surface area (Å²) in [6.45, 7) is 0. The lowest BCUT2D eigenvalue weighted by atomic mass is 10.1. The van der Waals surface area contributed by atoms with E-state index < -0.39 is 11.9 Å². The van der Waals surface area contributed by atoms with Crippen LogP contribution in [0.3, 0.4) is 0 Å². The van der Waals surface area contributed by atoms with Crippen LogP contribution in [0.1, 0.15) is 18.1 Å². The molecule has 1 aromatic heterocycles. The lowest BCUT2D eigenvalue weighted by Crippen LogP contribution is -2.15. The van der Waals surface area contributed by atoms with E-state index in [0.29, 0.717) is 11.3 Å². The first-order valence-corrected chi connectivity index (χ1v) is 7.45. The van der Waals surface area contributed by atoms with Crippen LogP contribution < -0.4 is 5.32 Å². The standard InChI is InChI=1S/C18H16FN3O2/c19-14-6-4-5-13(9-14)17(23)10-18(24)21-15-11-20-22(12-15)16-7-2-1-3-8-16/h1-9,11-12,17,23H,10H2,(H,21,24). The van der Waals surface area contributed by atoms with Crippen LogP contribution in [0.15, 0.2) is 67.0 Å². The van der Waals surface area contributed by atoms with Crippen molar-refractivity contribution in [3.05, 3.63) is 78.4 Å². The molecule has 0 bridgehead atoms. The van der Waals surface area contributed by atoms with Gasteiger partial charge in [-0.25, -0.2) is 9.07 Å². The van der Waals surface area contributed by atoms with Crippen molar-refractivity contribution in [2.75, 3.05) is 5.32 Å². The fraction of sp³-hybridized carbons (Fsp3) is 0.111. The zero-order chi connectivity index (χ0) is 16.9. The number of benzene rings is 2. The number of nitrogens with one attached hydrogen (secondary N) is 1. The van der Waals surface area contributed by atoms with E-state index in [1.165, 1.54) is 24.4 Å². The number of aliphatic hydroxyl groups is 1. The van der Waals surface area contributed by atoms with Gasteiger partial charge in [0.05, 0.1) is 36.3 Å². The Hall–Kier alpha value is -2.99. The third-order valence-corrected chi connectivity index (χ3v) is 3.50. The number of hydrogen-bond donors (Lipinski definition) is 2. The molecule has 0 aliphatic rings. The van der Waals surface area contributed by atoms with Crippen molar-refractivity contribution in [1.82, 2.24) is 9.78 Å². The number of carbonyl (C=O) groups is 1. The van der Waals surface area contributed by atoms with Gasteiger partial charge in [-0.15, -0.1) is 0 Å². The van der Waals surface area contributed by atoms with E-state index in [0.717, 1.165) is 5.69 Å². The average molecular weight is 325 g/mol. The van der Waals surface area contributed by atoms with Crippen molar-refractivity contribution in [1.29, 1.82) is 0 Å². The van der Waals surface area contributed by atoms with E-state index >= 15 is 0 Å². The summed E-state index contributed by atoms with van der Waals surface area (Å²) in [6, 6.07) is 15.1. The van der Waals surface area contributed by atoms with E-state index in [4.69, 9.17) is 0 Å². The van der Waals surface area contributed by atoms with Crippen LogP contribution in [0.5, 0.6) is 0 Å². The van der Waals surface area contributed by atoms with Crippen LogP contribution in [0, 0.1) is 5.82 Å². The fourth-order valence-corrected chi connectivity index (χ4v) is 2.33. The molecule has 0 aliphatic carbocycles. The van der Waals surface area contributed by atoms with Gasteiger partial charge < -0.3 is 10.4 Å². The highest BCUT2D eigenvalue weighted by molar-refractivity contribution is 5.90. The molecule has 2 N–H and O–H groups in total. The zero-order valence-electron chi connectivity index (χ0n) is 12.8. The van der Waals surface area contributed by atoms with E-state index in [-0.39, 0.29) is 12.3 Å². The van der Waals surface area contributed by atoms with E-state index in [1.54, 1.807) is 16.9 Å². The number of aromatic nitrogens is 2. The molecule has 0 saturated carbocycles. The van der Waals surface area contributed by atoms with Gasteiger partial charge in [-0.2, -0.15) is 5.10 Å². The van der Waals surface area contributed by atoms with E-state index in [2.05, 4.69) is 10.4 Å². The Bertz CT molecular complexity index is 833. The van der Waals surface area contributed by atoms with Crippen molar-refractivity contribution < 1.29 is 14.3 Å². The molecule has 0 aliphatic heterocycles. The largest absolute Gasteiger partial charge is 0.388 e. The Morgan fingerprint density at radius 1 is 1.21 bits per heavy atom. The summed E-state index contributed by atoms with van der Waals surface area (Å²) in [4.78, 5) is 12.0. The first-order chi connectivity index (χ1) is 11.6. The van der Waals surface area contributed by atoms with Crippen molar-refractivity contribution in [2.45, 2.75) is 12.5 Å². The number of para-hydroxylation sites is 1. The maximum Gasteiger partial charge on any atom is 0.227 e. The molecule has 1 amide bonds. The monoisotopic (exact) mass is 325 g/mol. The number of amides is 1. The van der Waals surface area contributed by atoms with E-state index in [1.807, 2.05) is 30.3 Å². The molecule has 0 fully saturated rings. The summed E-state index contributed by atoms with van der Waals surface area (Å²) in [5.74, 6) is -0.824. The van der Waals surface area contributed by atoms with Gasteiger partial charge in [0.25, 0.3) is 0 Å². The number of rotatable bonds is 5. The van der Waals surface area contributed by atoms with Crippen LogP contribution >= 0.6 is 0 Å².